The monoisotopic (exact) mass is 398 g/mol. The predicted octanol–water partition coefficient (Wildman–Crippen LogP) is 2.92. The minimum Gasteiger partial charge on any atom is -0.343 e. The van der Waals surface area contributed by atoms with Gasteiger partial charge in [-0.3, -0.25) is 20.4 Å². The molecular weight excluding hydrogens is 372 g/mol. The number of aryl methyl sites for hydroxylation is 4. The summed E-state index contributed by atoms with van der Waals surface area (Å²) in [7, 11) is 0. The molecule has 0 aliphatic carbocycles. The number of benzene rings is 2. The second-order valence-corrected chi connectivity index (χ2v) is 6.98. The quantitative estimate of drug-likeness (QED) is 0.460. The van der Waals surface area contributed by atoms with Crippen molar-refractivity contribution in [2.45, 2.75) is 34.1 Å². The number of rotatable bonds is 5. The van der Waals surface area contributed by atoms with Crippen molar-refractivity contribution in [1.29, 1.82) is 0 Å². The SMILES string of the molecule is CCc1cccc(C)c1NC(=S)NNC(=O)CNC(=O)c1ccc(C)c(C)c1. The topological polar surface area (TPSA) is 82.3 Å². The van der Waals surface area contributed by atoms with Gasteiger partial charge in [-0.25, -0.2) is 0 Å². The predicted molar refractivity (Wildman–Crippen MR) is 116 cm³/mol. The molecule has 2 rings (SSSR count). The van der Waals surface area contributed by atoms with E-state index in [-0.39, 0.29) is 17.6 Å². The number of anilines is 1. The van der Waals surface area contributed by atoms with Crippen molar-refractivity contribution < 1.29 is 9.59 Å². The lowest BCUT2D eigenvalue weighted by molar-refractivity contribution is -0.120. The number of nitrogens with one attached hydrogen (secondary N) is 4. The van der Waals surface area contributed by atoms with Crippen molar-refractivity contribution in [2.24, 2.45) is 0 Å². The van der Waals surface area contributed by atoms with Crippen LogP contribution >= 0.6 is 12.2 Å². The number of carbonyl (C=O) groups is 2. The largest absolute Gasteiger partial charge is 0.343 e. The summed E-state index contributed by atoms with van der Waals surface area (Å²) in [6.07, 6.45) is 0.865. The van der Waals surface area contributed by atoms with Crippen LogP contribution in [-0.2, 0) is 11.2 Å². The van der Waals surface area contributed by atoms with Crippen molar-refractivity contribution in [3.63, 3.8) is 0 Å². The highest BCUT2D eigenvalue weighted by atomic mass is 32.1. The third-order valence-electron chi connectivity index (χ3n) is 4.47. The van der Waals surface area contributed by atoms with Gasteiger partial charge in [-0.1, -0.05) is 31.2 Å². The minimum atomic E-state index is -0.401. The lowest BCUT2D eigenvalue weighted by Gasteiger charge is -2.16. The van der Waals surface area contributed by atoms with E-state index >= 15 is 0 Å². The number of hydrazine groups is 1. The summed E-state index contributed by atoms with van der Waals surface area (Å²) in [6, 6.07) is 11.4. The van der Waals surface area contributed by atoms with Crippen LogP contribution in [0.4, 0.5) is 5.69 Å². The normalized spacial score (nSPS) is 10.1. The van der Waals surface area contributed by atoms with Crippen molar-refractivity contribution in [1.82, 2.24) is 16.2 Å². The average molecular weight is 399 g/mol. The van der Waals surface area contributed by atoms with E-state index in [0.717, 1.165) is 34.4 Å². The number of thiocarbonyl (C=S) groups is 1. The van der Waals surface area contributed by atoms with Crippen molar-refractivity contribution in [3.8, 4) is 0 Å². The van der Waals surface area contributed by atoms with E-state index < -0.39 is 5.91 Å². The second kappa shape index (κ2) is 9.85. The lowest BCUT2D eigenvalue weighted by atomic mass is 10.1. The van der Waals surface area contributed by atoms with E-state index in [4.69, 9.17) is 12.2 Å². The Labute approximate surface area is 171 Å². The van der Waals surface area contributed by atoms with Crippen LogP contribution in [0.5, 0.6) is 0 Å². The zero-order valence-corrected chi connectivity index (χ0v) is 17.4. The van der Waals surface area contributed by atoms with Gasteiger partial charge in [0, 0.05) is 11.3 Å². The van der Waals surface area contributed by atoms with Crippen LogP contribution < -0.4 is 21.5 Å². The summed E-state index contributed by atoms with van der Waals surface area (Å²) in [5.41, 5.74) is 10.9. The second-order valence-electron chi connectivity index (χ2n) is 6.57. The summed E-state index contributed by atoms with van der Waals surface area (Å²) < 4.78 is 0. The molecule has 0 aliphatic rings. The van der Waals surface area contributed by atoms with Crippen LogP contribution in [0.2, 0.25) is 0 Å². The molecule has 0 bridgehead atoms. The van der Waals surface area contributed by atoms with Gasteiger partial charge in [0.1, 0.15) is 0 Å². The minimum absolute atomic E-state index is 0.161. The first-order chi connectivity index (χ1) is 13.3. The Balaban J connectivity index is 1.81. The van der Waals surface area contributed by atoms with Gasteiger partial charge in [0.2, 0.25) is 0 Å². The summed E-state index contributed by atoms with van der Waals surface area (Å²) >= 11 is 5.24. The molecule has 148 valence electrons. The molecule has 7 heteroatoms. The van der Waals surface area contributed by atoms with Crippen LogP contribution in [0, 0.1) is 20.8 Å². The van der Waals surface area contributed by atoms with Gasteiger partial charge >= 0.3 is 0 Å². The molecule has 0 atom stereocenters. The Kier molecular flexibility index (Phi) is 7.52. The molecule has 2 aromatic rings. The molecule has 0 unspecified atom stereocenters. The Morgan fingerprint density at radius 3 is 2.39 bits per heavy atom. The van der Waals surface area contributed by atoms with Gasteiger partial charge in [-0.2, -0.15) is 0 Å². The Morgan fingerprint density at radius 1 is 0.964 bits per heavy atom. The molecule has 0 spiro atoms. The Hall–Kier alpha value is -2.93. The van der Waals surface area contributed by atoms with Crippen LogP contribution in [0.25, 0.3) is 0 Å². The molecule has 2 amide bonds. The van der Waals surface area contributed by atoms with Gasteiger partial charge in [0.05, 0.1) is 6.54 Å². The Morgan fingerprint density at radius 2 is 1.71 bits per heavy atom. The van der Waals surface area contributed by atoms with E-state index in [0.29, 0.717) is 5.56 Å². The summed E-state index contributed by atoms with van der Waals surface area (Å²) in [5.74, 6) is -0.701. The molecule has 0 heterocycles. The van der Waals surface area contributed by atoms with Crippen LogP contribution in [0.15, 0.2) is 36.4 Å². The zero-order valence-electron chi connectivity index (χ0n) is 16.6. The molecule has 0 aliphatic heterocycles. The van der Waals surface area contributed by atoms with E-state index in [1.54, 1.807) is 12.1 Å². The van der Waals surface area contributed by atoms with E-state index in [2.05, 4.69) is 28.4 Å². The molecular formula is C21H26N4O2S. The molecule has 0 saturated carbocycles. The van der Waals surface area contributed by atoms with Crippen molar-refractivity contribution in [2.75, 3.05) is 11.9 Å². The third-order valence-corrected chi connectivity index (χ3v) is 4.68. The van der Waals surface area contributed by atoms with Gasteiger partial charge in [0.15, 0.2) is 5.11 Å². The standard InChI is InChI=1S/C21H26N4O2S/c1-5-16-8-6-7-14(3)19(16)23-21(28)25-24-18(26)12-22-20(27)17-10-9-13(2)15(4)11-17/h6-11H,5,12H2,1-4H3,(H,22,27)(H,24,26)(H2,23,25,28). The summed E-state index contributed by atoms with van der Waals surface area (Å²) in [6.45, 7) is 7.82. The lowest BCUT2D eigenvalue weighted by Crippen LogP contribution is -2.47. The first-order valence-corrected chi connectivity index (χ1v) is 9.52. The maximum absolute atomic E-state index is 12.2. The highest BCUT2D eigenvalue weighted by Crippen LogP contribution is 2.20. The van der Waals surface area contributed by atoms with E-state index in [1.807, 2.05) is 45.0 Å². The van der Waals surface area contributed by atoms with Crippen molar-refractivity contribution in [3.05, 3.63) is 64.2 Å². The van der Waals surface area contributed by atoms with Crippen LogP contribution in [-0.4, -0.2) is 23.5 Å². The molecule has 0 aromatic heterocycles. The smallest absolute Gasteiger partial charge is 0.257 e. The molecule has 0 fully saturated rings. The molecule has 2 aromatic carbocycles. The number of amides is 2. The number of para-hydroxylation sites is 1. The van der Waals surface area contributed by atoms with Gasteiger partial charge in [-0.05, 0) is 73.8 Å². The van der Waals surface area contributed by atoms with E-state index in [1.165, 1.54) is 0 Å². The third kappa shape index (κ3) is 5.79. The molecule has 0 radical (unpaired) electrons. The Bertz CT molecular complexity index is 896. The fraction of sp³-hybridized carbons (Fsp3) is 0.286. The summed E-state index contributed by atoms with van der Waals surface area (Å²) in [5, 5.41) is 5.97. The molecule has 0 saturated heterocycles. The molecule has 4 N–H and O–H groups in total. The highest BCUT2D eigenvalue weighted by molar-refractivity contribution is 7.80. The van der Waals surface area contributed by atoms with Gasteiger partial charge in [0.25, 0.3) is 11.8 Å². The van der Waals surface area contributed by atoms with Crippen LogP contribution in [0.1, 0.15) is 39.5 Å². The van der Waals surface area contributed by atoms with Crippen LogP contribution in [0.3, 0.4) is 0 Å². The summed E-state index contributed by atoms with van der Waals surface area (Å²) in [4.78, 5) is 24.1. The van der Waals surface area contributed by atoms with Gasteiger partial charge < -0.3 is 10.6 Å². The fourth-order valence-electron chi connectivity index (χ4n) is 2.66. The maximum atomic E-state index is 12.2. The first kappa shape index (κ1) is 21.4. The number of hydrogen-bond donors (Lipinski definition) is 4. The van der Waals surface area contributed by atoms with Gasteiger partial charge in [-0.15, -0.1) is 0 Å². The first-order valence-electron chi connectivity index (χ1n) is 9.11. The fourth-order valence-corrected chi connectivity index (χ4v) is 2.82. The number of carbonyl (C=O) groups excluding carboxylic acids is 2. The zero-order chi connectivity index (χ0) is 20.7. The molecule has 6 nitrogen and oxygen atoms in total. The average Bonchev–Trinajstić information content (AvgIpc) is 2.68. The van der Waals surface area contributed by atoms with Crippen molar-refractivity contribution >= 4 is 34.8 Å². The highest BCUT2D eigenvalue weighted by Gasteiger charge is 2.10. The number of hydrogen-bond acceptors (Lipinski definition) is 3. The molecule has 28 heavy (non-hydrogen) atoms. The maximum Gasteiger partial charge on any atom is 0.257 e. The van der Waals surface area contributed by atoms with E-state index in [9.17, 15) is 9.59 Å².